The maximum atomic E-state index is 11.3. The molecule has 3 N–H and O–H groups in total. The Morgan fingerprint density at radius 1 is 1.09 bits per heavy atom. The lowest BCUT2D eigenvalue weighted by molar-refractivity contribution is 1.10. The van der Waals surface area contributed by atoms with Crippen LogP contribution in [0.4, 0.5) is 11.4 Å². The van der Waals surface area contributed by atoms with E-state index < -0.39 is 0 Å². The first kappa shape index (κ1) is 14.7. The molecule has 22 heavy (non-hydrogen) atoms. The van der Waals surface area contributed by atoms with Crippen molar-refractivity contribution in [3.63, 3.8) is 0 Å². The molecule has 6 heteroatoms. The Morgan fingerprint density at radius 2 is 1.86 bits per heavy atom. The number of hydrogen-bond donors (Lipinski definition) is 3. The number of aromatic nitrogens is 2. The van der Waals surface area contributed by atoms with Crippen LogP contribution in [0.3, 0.4) is 0 Å². The molecule has 0 bridgehead atoms. The highest BCUT2D eigenvalue weighted by Crippen LogP contribution is 2.26. The highest BCUT2D eigenvalue weighted by Gasteiger charge is 2.04. The zero-order valence-electron chi connectivity index (χ0n) is 12.4. The van der Waals surface area contributed by atoms with Crippen LogP contribution in [0.1, 0.15) is 5.56 Å². The maximum absolute atomic E-state index is 11.3. The third-order valence-electron chi connectivity index (χ3n) is 3.51. The molecule has 2 aromatic carbocycles. The van der Waals surface area contributed by atoms with Crippen LogP contribution in [-0.2, 0) is 6.54 Å². The Balaban J connectivity index is 1.75. The first-order valence-electron chi connectivity index (χ1n) is 6.94. The molecule has 3 aromatic rings. The van der Waals surface area contributed by atoms with E-state index in [4.69, 9.17) is 0 Å². The van der Waals surface area contributed by atoms with E-state index >= 15 is 0 Å². The molecule has 0 spiro atoms. The summed E-state index contributed by atoms with van der Waals surface area (Å²) < 4.78 is 1.07. The number of hydrogen-bond acceptors (Lipinski definition) is 3. The summed E-state index contributed by atoms with van der Waals surface area (Å²) in [6, 6.07) is 12.1. The summed E-state index contributed by atoms with van der Waals surface area (Å²) in [5.74, 6) is 0. The fraction of sp³-hybridized carbons (Fsp3) is 0.188. The summed E-state index contributed by atoms with van der Waals surface area (Å²) in [4.78, 5) is 18.8. The fourth-order valence-corrected chi connectivity index (χ4v) is 3.15. The molecule has 1 aromatic heterocycles. The van der Waals surface area contributed by atoms with Gasteiger partial charge >= 0.3 is 5.69 Å². The molecule has 0 atom stereocenters. The fourth-order valence-electron chi connectivity index (χ4n) is 2.37. The number of imidazole rings is 1. The van der Waals surface area contributed by atoms with Crippen LogP contribution in [0.25, 0.3) is 11.0 Å². The minimum atomic E-state index is -0.185. The summed E-state index contributed by atoms with van der Waals surface area (Å²) in [6.45, 7) is 0.715. The van der Waals surface area contributed by atoms with Gasteiger partial charge in [-0.2, -0.15) is 0 Å². The minimum absolute atomic E-state index is 0.185. The first-order valence-corrected chi connectivity index (χ1v) is 7.74. The van der Waals surface area contributed by atoms with Crippen molar-refractivity contribution in [3.8, 4) is 0 Å². The number of aromatic amines is 2. The summed E-state index contributed by atoms with van der Waals surface area (Å²) in [7, 11) is 4.04. The van der Waals surface area contributed by atoms with Crippen LogP contribution in [0, 0.1) is 0 Å². The second-order valence-electron chi connectivity index (χ2n) is 5.37. The van der Waals surface area contributed by atoms with E-state index in [1.54, 1.807) is 0 Å². The average molecular weight is 361 g/mol. The average Bonchev–Trinajstić information content (AvgIpc) is 2.84. The van der Waals surface area contributed by atoms with Gasteiger partial charge in [0.2, 0.25) is 0 Å². The molecular formula is C16H17BrN4O. The molecule has 0 radical (unpaired) electrons. The van der Waals surface area contributed by atoms with Crippen molar-refractivity contribution in [1.29, 1.82) is 0 Å². The van der Waals surface area contributed by atoms with Gasteiger partial charge in [-0.15, -0.1) is 0 Å². The molecule has 5 nitrogen and oxygen atoms in total. The standard InChI is InChI=1S/C16H17BrN4O/c1-21(2)15-6-3-10(7-12(15)17)9-18-11-4-5-13-14(8-11)20-16(22)19-13/h3-8,18H,9H2,1-2H3,(H2,19,20,22). The lowest BCUT2D eigenvalue weighted by Gasteiger charge is -2.15. The van der Waals surface area contributed by atoms with Gasteiger partial charge in [0.15, 0.2) is 0 Å². The summed E-state index contributed by atoms with van der Waals surface area (Å²) in [5, 5.41) is 3.37. The second-order valence-corrected chi connectivity index (χ2v) is 6.23. The van der Waals surface area contributed by atoms with Gasteiger partial charge < -0.3 is 20.2 Å². The molecule has 0 unspecified atom stereocenters. The third kappa shape index (κ3) is 3.01. The number of fused-ring (bicyclic) bond motifs is 1. The summed E-state index contributed by atoms with van der Waals surface area (Å²) in [6.07, 6.45) is 0. The van der Waals surface area contributed by atoms with Crippen LogP contribution in [0.15, 0.2) is 45.7 Å². The van der Waals surface area contributed by atoms with Crippen molar-refractivity contribution in [2.45, 2.75) is 6.54 Å². The van der Waals surface area contributed by atoms with Crippen LogP contribution in [0.2, 0.25) is 0 Å². The topological polar surface area (TPSA) is 63.9 Å². The second kappa shape index (κ2) is 5.88. The monoisotopic (exact) mass is 360 g/mol. The largest absolute Gasteiger partial charge is 0.381 e. The number of anilines is 2. The molecule has 0 fully saturated rings. The summed E-state index contributed by atoms with van der Waals surface area (Å²) >= 11 is 3.60. The maximum Gasteiger partial charge on any atom is 0.323 e. The minimum Gasteiger partial charge on any atom is -0.381 e. The third-order valence-corrected chi connectivity index (χ3v) is 4.14. The number of nitrogens with one attached hydrogen (secondary N) is 3. The number of rotatable bonds is 4. The predicted octanol–water partition coefficient (Wildman–Crippen LogP) is 3.30. The highest BCUT2D eigenvalue weighted by atomic mass is 79.9. The normalized spacial score (nSPS) is 10.9. The van der Waals surface area contributed by atoms with Gasteiger partial charge in [-0.1, -0.05) is 6.07 Å². The Labute approximate surface area is 136 Å². The van der Waals surface area contributed by atoms with E-state index in [1.165, 1.54) is 5.56 Å². The van der Waals surface area contributed by atoms with Crippen LogP contribution < -0.4 is 15.9 Å². The van der Waals surface area contributed by atoms with Crippen molar-refractivity contribution in [2.24, 2.45) is 0 Å². The van der Waals surface area contributed by atoms with E-state index in [2.05, 4.69) is 54.3 Å². The van der Waals surface area contributed by atoms with Gasteiger partial charge in [0, 0.05) is 30.8 Å². The van der Waals surface area contributed by atoms with Crippen LogP contribution in [-0.4, -0.2) is 24.1 Å². The highest BCUT2D eigenvalue weighted by molar-refractivity contribution is 9.10. The number of benzene rings is 2. The number of nitrogens with zero attached hydrogens (tertiary/aromatic N) is 1. The van der Waals surface area contributed by atoms with Gasteiger partial charge in [-0.25, -0.2) is 4.79 Å². The molecule has 0 aliphatic rings. The van der Waals surface area contributed by atoms with E-state index in [1.807, 2.05) is 32.3 Å². The van der Waals surface area contributed by atoms with Gasteiger partial charge in [0.1, 0.15) is 0 Å². The number of H-pyrrole nitrogens is 2. The molecule has 3 rings (SSSR count). The van der Waals surface area contributed by atoms with Crippen molar-refractivity contribution in [3.05, 3.63) is 56.9 Å². The van der Waals surface area contributed by atoms with E-state index in [0.29, 0.717) is 6.54 Å². The Kier molecular flexibility index (Phi) is 3.94. The van der Waals surface area contributed by atoms with Gasteiger partial charge in [-0.05, 0) is 51.8 Å². The SMILES string of the molecule is CN(C)c1ccc(CNc2ccc3[nH]c(=O)[nH]c3c2)cc1Br. The lowest BCUT2D eigenvalue weighted by atomic mass is 10.2. The molecule has 0 saturated heterocycles. The predicted molar refractivity (Wildman–Crippen MR) is 94.7 cm³/mol. The molecule has 1 heterocycles. The molecule has 0 amide bonds. The molecule has 0 aliphatic heterocycles. The van der Waals surface area contributed by atoms with Crippen molar-refractivity contribution in [1.82, 2.24) is 9.97 Å². The van der Waals surface area contributed by atoms with Gasteiger partial charge in [0.05, 0.1) is 16.7 Å². The van der Waals surface area contributed by atoms with Crippen molar-refractivity contribution < 1.29 is 0 Å². The Morgan fingerprint density at radius 3 is 2.59 bits per heavy atom. The van der Waals surface area contributed by atoms with Gasteiger partial charge in [-0.3, -0.25) is 0 Å². The molecular weight excluding hydrogens is 344 g/mol. The van der Waals surface area contributed by atoms with E-state index in [9.17, 15) is 4.79 Å². The first-order chi connectivity index (χ1) is 10.5. The zero-order chi connectivity index (χ0) is 15.7. The quantitative estimate of drug-likeness (QED) is 0.668. The lowest BCUT2D eigenvalue weighted by Crippen LogP contribution is -2.09. The Bertz CT molecular complexity index is 866. The van der Waals surface area contributed by atoms with E-state index in [0.717, 1.165) is 26.9 Å². The van der Waals surface area contributed by atoms with Crippen molar-refractivity contribution in [2.75, 3.05) is 24.3 Å². The molecule has 0 aliphatic carbocycles. The smallest absolute Gasteiger partial charge is 0.323 e. The Hall–Kier alpha value is -2.21. The van der Waals surface area contributed by atoms with Gasteiger partial charge in [0.25, 0.3) is 0 Å². The van der Waals surface area contributed by atoms with Crippen LogP contribution >= 0.6 is 15.9 Å². The molecule has 0 saturated carbocycles. The van der Waals surface area contributed by atoms with Crippen LogP contribution in [0.5, 0.6) is 0 Å². The molecule has 114 valence electrons. The van der Waals surface area contributed by atoms with Crippen molar-refractivity contribution >= 4 is 38.3 Å². The zero-order valence-corrected chi connectivity index (χ0v) is 14.0. The number of halogens is 1. The summed E-state index contributed by atoms with van der Waals surface area (Å²) in [5.41, 5.74) is 4.73. The van der Waals surface area contributed by atoms with E-state index in [-0.39, 0.29) is 5.69 Å².